The Bertz CT molecular complexity index is 327. The molecule has 1 aliphatic rings. The molecule has 1 aromatic rings. The molecule has 0 spiro atoms. The van der Waals surface area contributed by atoms with Crippen LogP contribution in [0.1, 0.15) is 24.8 Å². The third-order valence-electron chi connectivity index (χ3n) is 2.98. The summed E-state index contributed by atoms with van der Waals surface area (Å²) in [6.45, 7) is 0. The van der Waals surface area contributed by atoms with E-state index < -0.39 is 11.5 Å². The Kier molecular flexibility index (Phi) is 2.51. The van der Waals surface area contributed by atoms with Crippen molar-refractivity contribution in [1.29, 1.82) is 0 Å². The Labute approximate surface area is 88.3 Å². The SMILES string of the molecule is NC1(CCc2ccccc2)CC(F)(F)C1. The second-order valence-electron chi connectivity index (χ2n) is 4.56. The van der Waals surface area contributed by atoms with Crippen molar-refractivity contribution in [1.82, 2.24) is 0 Å². The lowest BCUT2D eigenvalue weighted by Gasteiger charge is -2.44. The monoisotopic (exact) mass is 211 g/mol. The standard InChI is InChI=1S/C12H15F2N/c13-12(14)8-11(15,9-12)7-6-10-4-2-1-3-5-10/h1-5H,6-9,15H2. The van der Waals surface area contributed by atoms with E-state index in [0.29, 0.717) is 6.42 Å². The number of aryl methyl sites for hydroxylation is 1. The van der Waals surface area contributed by atoms with Crippen molar-refractivity contribution in [3.05, 3.63) is 35.9 Å². The molecule has 0 aromatic heterocycles. The van der Waals surface area contributed by atoms with Crippen molar-refractivity contribution in [2.45, 2.75) is 37.1 Å². The Hall–Kier alpha value is -0.960. The summed E-state index contributed by atoms with van der Waals surface area (Å²) in [5.41, 5.74) is 6.37. The van der Waals surface area contributed by atoms with Crippen LogP contribution >= 0.6 is 0 Å². The van der Waals surface area contributed by atoms with E-state index in [1.807, 2.05) is 30.3 Å². The van der Waals surface area contributed by atoms with Crippen LogP contribution in [-0.2, 0) is 6.42 Å². The van der Waals surface area contributed by atoms with Crippen LogP contribution in [0.3, 0.4) is 0 Å². The second kappa shape index (κ2) is 3.56. The van der Waals surface area contributed by atoms with Gasteiger partial charge in [-0.05, 0) is 18.4 Å². The van der Waals surface area contributed by atoms with Gasteiger partial charge in [0.1, 0.15) is 0 Å². The summed E-state index contributed by atoms with van der Waals surface area (Å²) in [5.74, 6) is -2.52. The van der Waals surface area contributed by atoms with Gasteiger partial charge >= 0.3 is 0 Å². The van der Waals surface area contributed by atoms with Crippen LogP contribution in [0.4, 0.5) is 8.78 Å². The smallest absolute Gasteiger partial charge is 0.251 e. The van der Waals surface area contributed by atoms with Crippen LogP contribution in [-0.4, -0.2) is 11.5 Å². The summed E-state index contributed by atoms with van der Waals surface area (Å²) >= 11 is 0. The molecule has 2 rings (SSSR count). The molecule has 0 aliphatic heterocycles. The van der Waals surface area contributed by atoms with Crippen LogP contribution in [0, 0.1) is 0 Å². The van der Waals surface area contributed by atoms with Gasteiger partial charge in [0.05, 0.1) is 0 Å². The van der Waals surface area contributed by atoms with Crippen molar-refractivity contribution < 1.29 is 8.78 Å². The van der Waals surface area contributed by atoms with Gasteiger partial charge in [0.25, 0.3) is 5.92 Å². The lowest BCUT2D eigenvalue weighted by Crippen LogP contribution is -2.58. The maximum Gasteiger partial charge on any atom is 0.251 e. The average Bonchev–Trinajstić information content (AvgIpc) is 2.13. The minimum Gasteiger partial charge on any atom is -0.325 e. The third-order valence-corrected chi connectivity index (χ3v) is 2.98. The summed E-state index contributed by atoms with van der Waals surface area (Å²) < 4.78 is 25.4. The van der Waals surface area contributed by atoms with E-state index in [-0.39, 0.29) is 12.8 Å². The number of rotatable bonds is 3. The minimum atomic E-state index is -2.52. The molecule has 0 heterocycles. The first kappa shape index (κ1) is 10.6. The van der Waals surface area contributed by atoms with E-state index in [0.717, 1.165) is 12.0 Å². The summed E-state index contributed by atoms with van der Waals surface area (Å²) in [6.07, 6.45) is 1.11. The predicted octanol–water partition coefficient (Wildman–Crippen LogP) is 2.75. The number of benzene rings is 1. The molecule has 1 aromatic carbocycles. The molecule has 1 aliphatic carbocycles. The van der Waals surface area contributed by atoms with E-state index in [9.17, 15) is 8.78 Å². The minimum absolute atomic E-state index is 0.160. The molecule has 2 N–H and O–H groups in total. The molecule has 82 valence electrons. The summed E-state index contributed by atoms with van der Waals surface area (Å²) in [7, 11) is 0. The number of halogens is 2. The van der Waals surface area contributed by atoms with Gasteiger partial charge in [-0.1, -0.05) is 30.3 Å². The number of alkyl halides is 2. The maximum absolute atomic E-state index is 12.7. The van der Waals surface area contributed by atoms with E-state index in [1.54, 1.807) is 0 Å². The van der Waals surface area contributed by atoms with Crippen molar-refractivity contribution in [3.63, 3.8) is 0 Å². The van der Waals surface area contributed by atoms with Crippen LogP contribution < -0.4 is 5.73 Å². The van der Waals surface area contributed by atoms with Gasteiger partial charge in [-0.15, -0.1) is 0 Å². The van der Waals surface area contributed by atoms with Gasteiger partial charge in [-0.3, -0.25) is 0 Å². The van der Waals surface area contributed by atoms with E-state index in [4.69, 9.17) is 5.73 Å². The Morgan fingerprint density at radius 3 is 2.27 bits per heavy atom. The molecule has 0 saturated heterocycles. The number of hydrogen-bond acceptors (Lipinski definition) is 1. The third kappa shape index (κ3) is 2.53. The molecule has 0 atom stereocenters. The highest BCUT2D eigenvalue weighted by Gasteiger charge is 2.53. The first-order valence-electron chi connectivity index (χ1n) is 5.20. The van der Waals surface area contributed by atoms with Gasteiger partial charge < -0.3 is 5.73 Å². The molecule has 0 unspecified atom stereocenters. The predicted molar refractivity (Wildman–Crippen MR) is 55.9 cm³/mol. The van der Waals surface area contributed by atoms with Crippen molar-refractivity contribution >= 4 is 0 Å². The Balaban J connectivity index is 1.85. The number of hydrogen-bond donors (Lipinski definition) is 1. The average molecular weight is 211 g/mol. The van der Waals surface area contributed by atoms with Gasteiger partial charge in [0.15, 0.2) is 0 Å². The highest BCUT2D eigenvalue weighted by Crippen LogP contribution is 2.46. The Morgan fingerprint density at radius 1 is 1.13 bits per heavy atom. The summed E-state index contributed by atoms with van der Waals surface area (Å²) in [6, 6.07) is 9.85. The van der Waals surface area contributed by atoms with Crippen LogP contribution in [0.2, 0.25) is 0 Å². The molecule has 0 bridgehead atoms. The lowest BCUT2D eigenvalue weighted by atomic mass is 9.71. The molecular weight excluding hydrogens is 196 g/mol. The molecular formula is C12H15F2N. The largest absolute Gasteiger partial charge is 0.325 e. The highest BCUT2D eigenvalue weighted by molar-refractivity contribution is 5.16. The van der Waals surface area contributed by atoms with Crippen molar-refractivity contribution in [3.8, 4) is 0 Å². The van der Waals surface area contributed by atoms with E-state index in [1.165, 1.54) is 0 Å². The van der Waals surface area contributed by atoms with E-state index in [2.05, 4.69) is 0 Å². The molecule has 1 saturated carbocycles. The fourth-order valence-corrected chi connectivity index (χ4v) is 2.19. The fourth-order valence-electron chi connectivity index (χ4n) is 2.19. The number of nitrogens with two attached hydrogens (primary N) is 1. The topological polar surface area (TPSA) is 26.0 Å². The first-order valence-corrected chi connectivity index (χ1v) is 5.20. The molecule has 15 heavy (non-hydrogen) atoms. The van der Waals surface area contributed by atoms with Crippen molar-refractivity contribution in [2.75, 3.05) is 0 Å². The second-order valence-corrected chi connectivity index (χ2v) is 4.56. The van der Waals surface area contributed by atoms with E-state index >= 15 is 0 Å². The lowest BCUT2D eigenvalue weighted by molar-refractivity contribution is -0.124. The van der Waals surface area contributed by atoms with Crippen LogP contribution in [0.5, 0.6) is 0 Å². The fraction of sp³-hybridized carbons (Fsp3) is 0.500. The zero-order chi connectivity index (χ0) is 10.9. The normalized spacial score (nSPS) is 22.1. The maximum atomic E-state index is 12.7. The van der Waals surface area contributed by atoms with Gasteiger partial charge in [-0.2, -0.15) is 0 Å². The van der Waals surface area contributed by atoms with Gasteiger partial charge in [-0.25, -0.2) is 8.78 Å². The molecule has 0 radical (unpaired) electrons. The van der Waals surface area contributed by atoms with Crippen molar-refractivity contribution in [2.24, 2.45) is 5.73 Å². The van der Waals surface area contributed by atoms with Gasteiger partial charge in [0.2, 0.25) is 0 Å². The zero-order valence-electron chi connectivity index (χ0n) is 8.55. The molecule has 0 amide bonds. The molecule has 1 fully saturated rings. The molecule has 3 heteroatoms. The Morgan fingerprint density at radius 2 is 1.73 bits per heavy atom. The quantitative estimate of drug-likeness (QED) is 0.817. The summed E-state index contributed by atoms with van der Waals surface area (Å²) in [4.78, 5) is 0. The molecule has 1 nitrogen and oxygen atoms in total. The summed E-state index contributed by atoms with van der Waals surface area (Å²) in [5, 5.41) is 0. The zero-order valence-corrected chi connectivity index (χ0v) is 8.55. The van der Waals surface area contributed by atoms with Crippen LogP contribution in [0.15, 0.2) is 30.3 Å². The van der Waals surface area contributed by atoms with Gasteiger partial charge in [0, 0.05) is 18.4 Å². The highest BCUT2D eigenvalue weighted by atomic mass is 19.3. The van der Waals surface area contributed by atoms with Crippen LogP contribution in [0.25, 0.3) is 0 Å². The first-order chi connectivity index (χ1) is 6.99.